The molecule has 2 rings (SSSR count). The molecule has 2 N–H and O–H groups in total. The van der Waals surface area contributed by atoms with Gasteiger partial charge in [-0.2, -0.15) is 0 Å². The average molecular weight is 355 g/mol. The standard InChI is InChI=1S/C15H14FNO6S/c1-22-12-8-13(23-2)14(7-11(12)16)24(20,21)17-10-5-3-4-9(6-10)15(18)19/h3-8,17H,1-2H3,(H,18,19). The number of benzene rings is 2. The van der Waals surface area contributed by atoms with Gasteiger partial charge in [-0.25, -0.2) is 17.6 Å². The van der Waals surface area contributed by atoms with Crippen LogP contribution in [0.25, 0.3) is 0 Å². The van der Waals surface area contributed by atoms with Gasteiger partial charge in [-0.05, 0) is 18.2 Å². The molecule has 0 bridgehead atoms. The van der Waals surface area contributed by atoms with Crippen molar-refractivity contribution in [1.82, 2.24) is 0 Å². The van der Waals surface area contributed by atoms with Crippen LogP contribution in [0.15, 0.2) is 41.3 Å². The molecule has 0 fully saturated rings. The van der Waals surface area contributed by atoms with Gasteiger partial charge >= 0.3 is 5.97 Å². The van der Waals surface area contributed by atoms with Crippen LogP contribution in [0.3, 0.4) is 0 Å². The van der Waals surface area contributed by atoms with E-state index >= 15 is 0 Å². The molecule has 0 aliphatic rings. The molecule has 2 aromatic rings. The lowest BCUT2D eigenvalue weighted by Crippen LogP contribution is -2.15. The number of halogens is 1. The number of nitrogens with one attached hydrogen (secondary N) is 1. The summed E-state index contributed by atoms with van der Waals surface area (Å²) in [5.74, 6) is -2.36. The molecule has 24 heavy (non-hydrogen) atoms. The fourth-order valence-corrected chi connectivity index (χ4v) is 3.18. The number of hydrogen-bond acceptors (Lipinski definition) is 5. The van der Waals surface area contributed by atoms with E-state index in [1.54, 1.807) is 0 Å². The Labute approximate surface area is 137 Å². The maximum Gasteiger partial charge on any atom is 0.335 e. The number of carbonyl (C=O) groups is 1. The van der Waals surface area contributed by atoms with Crippen molar-refractivity contribution in [3.05, 3.63) is 47.8 Å². The minimum atomic E-state index is -4.21. The van der Waals surface area contributed by atoms with Crippen LogP contribution in [0.2, 0.25) is 0 Å². The molecular weight excluding hydrogens is 341 g/mol. The first-order chi connectivity index (χ1) is 11.3. The van der Waals surface area contributed by atoms with Crippen molar-refractivity contribution >= 4 is 21.7 Å². The fourth-order valence-electron chi connectivity index (χ4n) is 1.97. The summed E-state index contributed by atoms with van der Waals surface area (Å²) in [6, 6.07) is 7.09. The SMILES string of the molecule is COc1cc(OC)c(S(=O)(=O)Nc2cccc(C(=O)O)c2)cc1F. The third kappa shape index (κ3) is 3.57. The van der Waals surface area contributed by atoms with E-state index in [0.29, 0.717) is 0 Å². The van der Waals surface area contributed by atoms with Crippen molar-refractivity contribution in [3.8, 4) is 11.5 Å². The highest BCUT2D eigenvalue weighted by molar-refractivity contribution is 7.92. The maximum absolute atomic E-state index is 13.9. The molecule has 0 unspecified atom stereocenters. The fraction of sp³-hybridized carbons (Fsp3) is 0.133. The van der Waals surface area contributed by atoms with E-state index in [2.05, 4.69) is 4.72 Å². The first-order valence-electron chi connectivity index (χ1n) is 6.56. The Morgan fingerprint density at radius 2 is 1.79 bits per heavy atom. The molecule has 0 radical (unpaired) electrons. The Morgan fingerprint density at radius 1 is 1.12 bits per heavy atom. The number of carboxylic acids is 1. The summed E-state index contributed by atoms with van der Waals surface area (Å²) in [5.41, 5.74) is -0.0729. The number of ether oxygens (including phenoxy) is 2. The lowest BCUT2D eigenvalue weighted by Gasteiger charge is -2.13. The molecular formula is C15H14FNO6S. The van der Waals surface area contributed by atoms with Gasteiger partial charge in [0.2, 0.25) is 0 Å². The van der Waals surface area contributed by atoms with E-state index in [1.165, 1.54) is 32.4 Å². The number of hydrogen-bond donors (Lipinski definition) is 2. The van der Waals surface area contributed by atoms with Crippen molar-refractivity contribution in [3.63, 3.8) is 0 Å². The summed E-state index contributed by atoms with van der Waals surface area (Å²) < 4.78 is 50.7. The van der Waals surface area contributed by atoms with Crippen molar-refractivity contribution < 1.29 is 32.2 Å². The third-order valence-corrected chi connectivity index (χ3v) is 4.49. The molecule has 9 heteroatoms. The van der Waals surface area contributed by atoms with E-state index < -0.39 is 26.7 Å². The number of sulfonamides is 1. The van der Waals surface area contributed by atoms with E-state index in [4.69, 9.17) is 14.6 Å². The first-order valence-corrected chi connectivity index (χ1v) is 8.04. The zero-order valence-corrected chi connectivity index (χ0v) is 13.6. The number of methoxy groups -OCH3 is 2. The predicted molar refractivity (Wildman–Crippen MR) is 83.7 cm³/mol. The Balaban J connectivity index is 2.46. The van der Waals surface area contributed by atoms with Crippen LogP contribution < -0.4 is 14.2 Å². The van der Waals surface area contributed by atoms with Crippen molar-refractivity contribution in [2.24, 2.45) is 0 Å². The molecule has 0 heterocycles. The molecule has 7 nitrogen and oxygen atoms in total. The molecule has 0 atom stereocenters. The molecule has 0 amide bonds. The van der Waals surface area contributed by atoms with Crippen LogP contribution in [0.1, 0.15) is 10.4 Å². The zero-order chi connectivity index (χ0) is 17.9. The lowest BCUT2D eigenvalue weighted by molar-refractivity contribution is 0.0697. The van der Waals surface area contributed by atoms with Crippen molar-refractivity contribution in [2.45, 2.75) is 4.90 Å². The Morgan fingerprint density at radius 3 is 2.38 bits per heavy atom. The van der Waals surface area contributed by atoms with Gasteiger partial charge < -0.3 is 14.6 Å². The van der Waals surface area contributed by atoms with Crippen LogP contribution in [0, 0.1) is 5.82 Å². The van der Waals surface area contributed by atoms with Gasteiger partial charge in [-0.1, -0.05) is 6.07 Å². The maximum atomic E-state index is 13.9. The first kappa shape index (κ1) is 17.5. The highest BCUT2D eigenvalue weighted by Crippen LogP contribution is 2.32. The Hall–Kier alpha value is -2.81. The normalized spacial score (nSPS) is 11.0. The van der Waals surface area contributed by atoms with E-state index in [9.17, 15) is 17.6 Å². The van der Waals surface area contributed by atoms with Crippen LogP contribution >= 0.6 is 0 Å². The summed E-state index contributed by atoms with van der Waals surface area (Å²) in [7, 11) is -1.74. The molecule has 2 aromatic carbocycles. The molecule has 0 spiro atoms. The molecule has 128 valence electrons. The summed E-state index contributed by atoms with van der Waals surface area (Å²) in [5, 5.41) is 8.94. The molecule has 0 aliphatic heterocycles. The van der Waals surface area contributed by atoms with Gasteiger partial charge in [0.05, 0.1) is 19.8 Å². The summed E-state index contributed by atoms with van der Waals surface area (Å²) >= 11 is 0. The predicted octanol–water partition coefficient (Wildman–Crippen LogP) is 2.34. The molecule has 0 saturated heterocycles. The van der Waals surface area contributed by atoms with Gasteiger partial charge in [-0.3, -0.25) is 4.72 Å². The monoisotopic (exact) mass is 355 g/mol. The highest BCUT2D eigenvalue weighted by atomic mass is 32.2. The van der Waals surface area contributed by atoms with Crippen LogP contribution in [0.4, 0.5) is 10.1 Å². The largest absolute Gasteiger partial charge is 0.495 e. The van der Waals surface area contributed by atoms with E-state index in [-0.39, 0.29) is 22.7 Å². The minimum absolute atomic E-state index is 0.0215. The quantitative estimate of drug-likeness (QED) is 0.825. The third-order valence-electron chi connectivity index (χ3n) is 3.09. The van der Waals surface area contributed by atoms with Crippen LogP contribution in [0.5, 0.6) is 11.5 Å². The molecule has 0 aromatic heterocycles. The second-order valence-corrected chi connectivity index (χ2v) is 6.28. The van der Waals surface area contributed by atoms with Gasteiger partial charge in [-0.15, -0.1) is 0 Å². The van der Waals surface area contributed by atoms with E-state index in [1.807, 2.05) is 0 Å². The Bertz CT molecular complexity index is 882. The lowest BCUT2D eigenvalue weighted by atomic mass is 10.2. The number of rotatable bonds is 6. The smallest absolute Gasteiger partial charge is 0.335 e. The number of carboxylic acid groups (broad SMARTS) is 1. The van der Waals surface area contributed by atoms with Gasteiger partial charge in [0.15, 0.2) is 11.6 Å². The highest BCUT2D eigenvalue weighted by Gasteiger charge is 2.23. The Kier molecular flexibility index (Phi) is 4.93. The summed E-state index contributed by atoms with van der Waals surface area (Å²) in [6.45, 7) is 0. The molecule has 0 saturated carbocycles. The second-order valence-electron chi connectivity index (χ2n) is 4.63. The summed E-state index contributed by atoms with van der Waals surface area (Å²) in [4.78, 5) is 10.5. The summed E-state index contributed by atoms with van der Waals surface area (Å²) in [6.07, 6.45) is 0. The van der Waals surface area contributed by atoms with Gasteiger partial charge in [0, 0.05) is 17.8 Å². The second kappa shape index (κ2) is 6.75. The minimum Gasteiger partial charge on any atom is -0.495 e. The molecule has 0 aliphatic carbocycles. The average Bonchev–Trinajstić information content (AvgIpc) is 2.54. The van der Waals surface area contributed by atoms with Crippen molar-refractivity contribution in [1.29, 1.82) is 0 Å². The van der Waals surface area contributed by atoms with Crippen LogP contribution in [-0.4, -0.2) is 33.7 Å². The van der Waals surface area contributed by atoms with E-state index in [0.717, 1.165) is 18.2 Å². The van der Waals surface area contributed by atoms with Gasteiger partial charge in [0.1, 0.15) is 10.6 Å². The zero-order valence-electron chi connectivity index (χ0n) is 12.7. The van der Waals surface area contributed by atoms with Gasteiger partial charge in [0.25, 0.3) is 10.0 Å². The van der Waals surface area contributed by atoms with Crippen molar-refractivity contribution in [2.75, 3.05) is 18.9 Å². The topological polar surface area (TPSA) is 102 Å². The number of anilines is 1. The van der Waals surface area contributed by atoms with Crippen LogP contribution in [-0.2, 0) is 10.0 Å². The number of aromatic carboxylic acids is 1.